The smallest absolute Gasteiger partial charge is 0.146 e. The third kappa shape index (κ3) is 5.71. The van der Waals surface area contributed by atoms with Crippen molar-refractivity contribution in [3.8, 4) is 23.0 Å². The molecule has 0 aromatic heterocycles. The first-order chi connectivity index (χ1) is 16.2. The average molecular weight is 435 g/mol. The number of hydrogen-bond acceptors (Lipinski definition) is 0. The van der Waals surface area contributed by atoms with Gasteiger partial charge in [0.15, 0.2) is 0 Å². The van der Waals surface area contributed by atoms with Crippen LogP contribution in [-0.4, -0.2) is 0 Å². The number of hydrogen-bond donors (Lipinski definition) is 0. The lowest BCUT2D eigenvalue weighted by molar-refractivity contribution is 0.636. The summed E-state index contributed by atoms with van der Waals surface area (Å²) in [5.41, 5.74) is 6.26. The van der Waals surface area contributed by atoms with Gasteiger partial charge in [-0.25, -0.2) is 4.39 Å². The molecule has 0 unspecified atom stereocenters. The minimum absolute atomic E-state index is 0.251. The highest BCUT2D eigenvalue weighted by atomic mass is 19.1. The first kappa shape index (κ1) is 22.8. The first-order valence-electron chi connectivity index (χ1n) is 12.1. The Hall–Kier alpha value is -3.37. The van der Waals surface area contributed by atoms with Gasteiger partial charge in [0.2, 0.25) is 0 Å². The summed E-state index contributed by atoms with van der Waals surface area (Å²) in [5, 5.41) is 1.51. The molecule has 0 saturated heterocycles. The molecular weight excluding hydrogens is 403 g/mol. The fourth-order valence-corrected chi connectivity index (χ4v) is 4.15. The fourth-order valence-electron chi connectivity index (χ4n) is 4.15. The van der Waals surface area contributed by atoms with E-state index in [0.717, 1.165) is 34.9 Å². The van der Waals surface area contributed by atoms with E-state index in [1.165, 1.54) is 36.8 Å². The van der Waals surface area contributed by atoms with Crippen LogP contribution in [0.1, 0.15) is 61.8 Å². The minimum Gasteiger partial charge on any atom is -0.205 e. The molecule has 4 aromatic carbocycles. The highest BCUT2D eigenvalue weighted by Gasteiger charge is 2.08. The van der Waals surface area contributed by atoms with Crippen LogP contribution in [0.3, 0.4) is 0 Å². The highest BCUT2D eigenvalue weighted by Crippen LogP contribution is 2.28. The van der Waals surface area contributed by atoms with Crippen LogP contribution in [0.4, 0.5) is 4.39 Å². The topological polar surface area (TPSA) is 0 Å². The van der Waals surface area contributed by atoms with Crippen LogP contribution in [0.25, 0.3) is 21.9 Å². The van der Waals surface area contributed by atoms with E-state index < -0.39 is 0 Å². The van der Waals surface area contributed by atoms with Gasteiger partial charge >= 0.3 is 0 Å². The number of aryl methyl sites for hydroxylation is 2. The van der Waals surface area contributed by atoms with Crippen molar-refractivity contribution in [2.45, 2.75) is 52.4 Å². The van der Waals surface area contributed by atoms with Crippen molar-refractivity contribution in [2.75, 3.05) is 0 Å². The van der Waals surface area contributed by atoms with E-state index in [4.69, 9.17) is 0 Å². The molecule has 0 bridgehead atoms. The van der Waals surface area contributed by atoms with Crippen molar-refractivity contribution in [1.82, 2.24) is 0 Å². The Morgan fingerprint density at radius 1 is 0.667 bits per heavy atom. The summed E-state index contributed by atoms with van der Waals surface area (Å²) in [4.78, 5) is 0. The molecule has 0 aliphatic rings. The molecule has 0 N–H and O–H groups in total. The van der Waals surface area contributed by atoms with Crippen molar-refractivity contribution >= 4 is 10.8 Å². The standard InChI is InChI=1S/C32H31F/c1-3-5-6-7-8-25-13-16-27(17-14-25)29-21-22-31-30(23-29)20-19-28(32(31)33)18-15-26-11-9-24(4-2)10-12-26/h9-14,16-17,19-23H,3-8H2,1-2H3. The van der Waals surface area contributed by atoms with E-state index in [0.29, 0.717) is 10.9 Å². The van der Waals surface area contributed by atoms with Gasteiger partial charge in [-0.2, -0.15) is 0 Å². The summed E-state index contributed by atoms with van der Waals surface area (Å²) in [5.74, 6) is 5.85. The van der Waals surface area contributed by atoms with E-state index >= 15 is 4.39 Å². The molecule has 0 heterocycles. The van der Waals surface area contributed by atoms with Crippen molar-refractivity contribution in [3.05, 3.63) is 107 Å². The highest BCUT2D eigenvalue weighted by molar-refractivity contribution is 5.89. The van der Waals surface area contributed by atoms with Crippen molar-refractivity contribution in [1.29, 1.82) is 0 Å². The molecular formula is C32H31F. The molecule has 4 rings (SSSR count). The molecule has 0 nitrogen and oxygen atoms in total. The Labute approximate surface area is 197 Å². The second-order valence-electron chi connectivity index (χ2n) is 8.67. The van der Waals surface area contributed by atoms with Crippen LogP contribution >= 0.6 is 0 Å². The number of unbranched alkanes of at least 4 members (excludes halogenated alkanes) is 3. The monoisotopic (exact) mass is 434 g/mol. The van der Waals surface area contributed by atoms with Crippen LogP contribution in [0, 0.1) is 17.7 Å². The van der Waals surface area contributed by atoms with Gasteiger partial charge in [-0.05, 0) is 71.2 Å². The van der Waals surface area contributed by atoms with Crippen LogP contribution in [0.15, 0.2) is 78.9 Å². The van der Waals surface area contributed by atoms with Crippen molar-refractivity contribution in [3.63, 3.8) is 0 Å². The molecule has 33 heavy (non-hydrogen) atoms. The lowest BCUT2D eigenvalue weighted by atomic mass is 9.97. The van der Waals surface area contributed by atoms with Gasteiger partial charge in [-0.15, -0.1) is 0 Å². The third-order valence-electron chi connectivity index (χ3n) is 6.26. The Bertz CT molecular complexity index is 1270. The summed E-state index contributed by atoms with van der Waals surface area (Å²) < 4.78 is 15.1. The zero-order valence-electron chi connectivity index (χ0n) is 19.6. The van der Waals surface area contributed by atoms with Crippen molar-refractivity contribution < 1.29 is 4.39 Å². The molecule has 0 aliphatic carbocycles. The summed E-state index contributed by atoms with van der Waals surface area (Å²) in [6.45, 7) is 4.37. The summed E-state index contributed by atoms with van der Waals surface area (Å²) >= 11 is 0. The van der Waals surface area contributed by atoms with Gasteiger partial charge in [0, 0.05) is 10.9 Å². The van der Waals surface area contributed by atoms with Gasteiger partial charge in [0.25, 0.3) is 0 Å². The number of halogens is 1. The zero-order chi connectivity index (χ0) is 23.0. The predicted molar refractivity (Wildman–Crippen MR) is 139 cm³/mol. The largest absolute Gasteiger partial charge is 0.205 e. The van der Waals surface area contributed by atoms with Crippen molar-refractivity contribution in [2.24, 2.45) is 0 Å². The number of fused-ring (bicyclic) bond motifs is 1. The van der Waals surface area contributed by atoms with Crippen LogP contribution in [-0.2, 0) is 12.8 Å². The van der Waals surface area contributed by atoms with Crippen LogP contribution in [0.2, 0.25) is 0 Å². The molecule has 0 amide bonds. The molecule has 166 valence electrons. The molecule has 1 heteroatoms. The molecule has 4 aromatic rings. The minimum atomic E-state index is -0.251. The molecule has 0 fully saturated rings. The van der Waals surface area contributed by atoms with Crippen LogP contribution < -0.4 is 0 Å². The van der Waals surface area contributed by atoms with E-state index in [1.807, 2.05) is 30.3 Å². The van der Waals surface area contributed by atoms with Gasteiger partial charge in [0.1, 0.15) is 5.82 Å². The lowest BCUT2D eigenvalue weighted by Crippen LogP contribution is -1.89. The van der Waals surface area contributed by atoms with Gasteiger partial charge in [-0.1, -0.05) is 99.5 Å². The van der Waals surface area contributed by atoms with Gasteiger partial charge in [-0.3, -0.25) is 0 Å². The van der Waals surface area contributed by atoms with E-state index in [9.17, 15) is 0 Å². The third-order valence-corrected chi connectivity index (χ3v) is 6.26. The maximum Gasteiger partial charge on any atom is 0.146 e. The van der Waals surface area contributed by atoms with Crippen LogP contribution in [0.5, 0.6) is 0 Å². The molecule has 0 radical (unpaired) electrons. The second kappa shape index (κ2) is 11.0. The quantitative estimate of drug-likeness (QED) is 0.201. The SMILES string of the molecule is CCCCCCc1ccc(-c2ccc3c(F)c(C#Cc4ccc(CC)cc4)ccc3c2)cc1. The predicted octanol–water partition coefficient (Wildman–Crippen LogP) is 8.73. The molecule has 0 saturated carbocycles. The summed E-state index contributed by atoms with van der Waals surface area (Å²) in [6.07, 6.45) is 7.26. The lowest BCUT2D eigenvalue weighted by Gasteiger charge is -2.08. The zero-order valence-corrected chi connectivity index (χ0v) is 19.6. The first-order valence-corrected chi connectivity index (χ1v) is 12.1. The molecule has 0 aliphatic heterocycles. The number of rotatable bonds is 7. The number of benzene rings is 4. The summed E-state index contributed by atoms with van der Waals surface area (Å²) in [7, 11) is 0. The summed E-state index contributed by atoms with van der Waals surface area (Å²) in [6, 6.07) is 26.6. The second-order valence-corrected chi connectivity index (χ2v) is 8.67. The van der Waals surface area contributed by atoms with E-state index in [2.05, 4.69) is 68.2 Å². The Morgan fingerprint density at radius 3 is 2.12 bits per heavy atom. The normalized spacial score (nSPS) is 10.8. The fraction of sp³-hybridized carbons (Fsp3) is 0.250. The average Bonchev–Trinajstić information content (AvgIpc) is 2.87. The Kier molecular flexibility index (Phi) is 7.59. The maximum absolute atomic E-state index is 15.1. The molecule has 0 atom stereocenters. The Morgan fingerprint density at radius 2 is 1.39 bits per heavy atom. The maximum atomic E-state index is 15.1. The van der Waals surface area contributed by atoms with Gasteiger partial charge in [0.05, 0.1) is 5.56 Å². The Balaban J connectivity index is 1.52. The van der Waals surface area contributed by atoms with E-state index in [1.54, 1.807) is 6.07 Å². The molecule has 0 spiro atoms. The van der Waals surface area contributed by atoms with E-state index in [-0.39, 0.29) is 5.82 Å². The van der Waals surface area contributed by atoms with Gasteiger partial charge < -0.3 is 0 Å².